The van der Waals surface area contributed by atoms with E-state index in [4.69, 9.17) is 13.8 Å². The Hall–Kier alpha value is -2.55. The minimum Gasteiger partial charge on any atom is -0.463 e. The van der Waals surface area contributed by atoms with Crippen LogP contribution in [0.15, 0.2) is 72.9 Å². The average molecular weight is 708 g/mol. The molecule has 2 atom stereocenters. The number of allylic oxidation sites excluding steroid dienone is 12. The van der Waals surface area contributed by atoms with Gasteiger partial charge in [-0.05, 0) is 70.6 Å². The molecule has 0 aromatic rings. The number of hydrogen-bond acceptors (Lipinski definition) is 7. The van der Waals surface area contributed by atoms with Gasteiger partial charge in [0.1, 0.15) is 12.7 Å². The first kappa shape index (κ1) is 46.5. The Bertz CT molecular complexity index is 1030. The van der Waals surface area contributed by atoms with Crippen molar-refractivity contribution in [2.45, 2.75) is 136 Å². The Kier molecular flexibility index (Phi) is 33.4. The van der Waals surface area contributed by atoms with Gasteiger partial charge in [0.15, 0.2) is 0 Å². The van der Waals surface area contributed by atoms with Gasteiger partial charge in [-0.25, -0.2) is 4.57 Å². The summed E-state index contributed by atoms with van der Waals surface area (Å²) < 4.78 is 26.7. The van der Waals surface area contributed by atoms with Crippen LogP contribution < -0.4 is 5.32 Å². The number of amides is 1. The van der Waals surface area contributed by atoms with E-state index in [1.54, 1.807) is 0 Å². The number of rotatable bonds is 33. The molecule has 10 heteroatoms. The van der Waals surface area contributed by atoms with E-state index in [9.17, 15) is 24.2 Å². The first-order valence-electron chi connectivity index (χ1n) is 18.4. The van der Waals surface area contributed by atoms with Crippen molar-refractivity contribution in [3.8, 4) is 0 Å². The molecule has 1 amide bonds. The minimum absolute atomic E-state index is 0.0463. The molecule has 49 heavy (non-hydrogen) atoms. The summed E-state index contributed by atoms with van der Waals surface area (Å²) >= 11 is 0. The third-order valence-electron chi connectivity index (χ3n) is 7.12. The second-order valence-electron chi connectivity index (χ2n) is 11.8. The fourth-order valence-electron chi connectivity index (χ4n) is 4.34. The molecule has 9 nitrogen and oxygen atoms in total. The van der Waals surface area contributed by atoms with E-state index in [1.165, 1.54) is 12.8 Å². The van der Waals surface area contributed by atoms with Crippen LogP contribution in [0.2, 0.25) is 0 Å². The summed E-state index contributed by atoms with van der Waals surface area (Å²) in [6, 6.07) is 0. The van der Waals surface area contributed by atoms with Crippen molar-refractivity contribution >= 4 is 19.7 Å². The molecule has 280 valence electrons. The molecule has 0 rings (SSSR count). The van der Waals surface area contributed by atoms with Crippen molar-refractivity contribution in [2.24, 2.45) is 0 Å². The van der Waals surface area contributed by atoms with Crippen molar-refractivity contribution in [1.29, 1.82) is 0 Å². The Balaban J connectivity index is 3.75. The number of aliphatic hydroxyl groups is 1. The number of carbonyl (C=O) groups is 2. The van der Waals surface area contributed by atoms with Crippen molar-refractivity contribution in [1.82, 2.24) is 5.32 Å². The van der Waals surface area contributed by atoms with Gasteiger partial charge in [0.25, 0.3) is 0 Å². The molecule has 0 heterocycles. The van der Waals surface area contributed by atoms with Crippen LogP contribution in [0.4, 0.5) is 0 Å². The topological polar surface area (TPSA) is 131 Å². The third-order valence-corrected chi connectivity index (χ3v) is 8.10. The van der Waals surface area contributed by atoms with E-state index in [-0.39, 0.29) is 32.1 Å². The van der Waals surface area contributed by atoms with Gasteiger partial charge in [0.05, 0.1) is 13.2 Å². The fraction of sp³-hybridized carbons (Fsp3) is 0.641. The Morgan fingerprint density at radius 3 is 1.82 bits per heavy atom. The quantitative estimate of drug-likeness (QED) is 0.0266. The van der Waals surface area contributed by atoms with Gasteiger partial charge in [0, 0.05) is 19.4 Å². The van der Waals surface area contributed by atoms with Gasteiger partial charge in [-0.1, -0.05) is 119 Å². The third kappa shape index (κ3) is 36.6. The van der Waals surface area contributed by atoms with Crippen molar-refractivity contribution in [3.63, 3.8) is 0 Å². The summed E-state index contributed by atoms with van der Waals surface area (Å²) in [6.45, 7) is 3.28. The summed E-state index contributed by atoms with van der Waals surface area (Å²) in [5.74, 6) is -0.595. The number of phosphoric acid groups is 1. The van der Waals surface area contributed by atoms with E-state index in [0.29, 0.717) is 12.8 Å². The maximum Gasteiger partial charge on any atom is 0.472 e. The van der Waals surface area contributed by atoms with Gasteiger partial charge in [-0.2, -0.15) is 0 Å². The predicted octanol–water partition coefficient (Wildman–Crippen LogP) is 9.54. The molecule has 0 radical (unpaired) electrons. The molecule has 0 aliphatic carbocycles. The molecule has 0 aromatic heterocycles. The maximum atomic E-state index is 12.0. The van der Waals surface area contributed by atoms with Crippen molar-refractivity contribution in [3.05, 3.63) is 72.9 Å². The van der Waals surface area contributed by atoms with Crippen LogP contribution in [-0.4, -0.2) is 54.3 Å². The van der Waals surface area contributed by atoms with Crippen LogP contribution in [0.25, 0.3) is 0 Å². The molecule has 0 saturated heterocycles. The molecule has 2 unspecified atom stereocenters. The number of phosphoric ester groups is 1. The SMILES string of the molecule is CC/C=C\C/C=C\C/C=C\C/C=C\C/C=C\CCCC(=O)NCCOP(=O)(O)OCC(O)COC(=O)CCCCCCC/C=C\CCCC. The number of ether oxygens (including phenoxy) is 1. The minimum atomic E-state index is -4.43. The van der Waals surface area contributed by atoms with Gasteiger partial charge < -0.3 is 20.1 Å². The molecular formula is C39H66NO8P. The lowest BCUT2D eigenvalue weighted by Gasteiger charge is -2.15. The lowest BCUT2D eigenvalue weighted by atomic mass is 10.1. The predicted molar refractivity (Wildman–Crippen MR) is 201 cm³/mol. The fourth-order valence-corrected chi connectivity index (χ4v) is 5.09. The van der Waals surface area contributed by atoms with Crippen molar-refractivity contribution in [2.75, 3.05) is 26.4 Å². The van der Waals surface area contributed by atoms with Crippen LogP contribution >= 0.6 is 7.82 Å². The second-order valence-corrected chi connectivity index (χ2v) is 13.3. The lowest BCUT2D eigenvalue weighted by Crippen LogP contribution is -2.27. The zero-order valence-corrected chi connectivity index (χ0v) is 31.2. The second kappa shape index (κ2) is 35.3. The highest BCUT2D eigenvalue weighted by atomic mass is 31.2. The normalized spacial score (nSPS) is 14.3. The lowest BCUT2D eigenvalue weighted by molar-refractivity contribution is -0.147. The Morgan fingerprint density at radius 2 is 1.18 bits per heavy atom. The van der Waals surface area contributed by atoms with Crippen LogP contribution in [0.3, 0.4) is 0 Å². The molecule has 0 aliphatic rings. The van der Waals surface area contributed by atoms with E-state index >= 15 is 0 Å². The molecule has 0 bridgehead atoms. The van der Waals surface area contributed by atoms with E-state index in [0.717, 1.165) is 83.5 Å². The Morgan fingerprint density at radius 1 is 0.653 bits per heavy atom. The summed E-state index contributed by atoms with van der Waals surface area (Å²) in [5.41, 5.74) is 0. The Labute approximate surface area is 297 Å². The monoisotopic (exact) mass is 707 g/mol. The summed E-state index contributed by atoms with van der Waals surface area (Å²) in [4.78, 5) is 33.7. The smallest absolute Gasteiger partial charge is 0.463 e. The van der Waals surface area contributed by atoms with Gasteiger partial charge in [-0.15, -0.1) is 0 Å². The highest BCUT2D eigenvalue weighted by Gasteiger charge is 2.23. The maximum absolute atomic E-state index is 12.0. The van der Waals surface area contributed by atoms with Crippen LogP contribution in [0.5, 0.6) is 0 Å². The highest BCUT2D eigenvalue weighted by molar-refractivity contribution is 7.47. The molecule has 0 spiro atoms. The largest absolute Gasteiger partial charge is 0.472 e. The molecule has 0 aliphatic heterocycles. The van der Waals surface area contributed by atoms with Crippen LogP contribution in [0, 0.1) is 0 Å². The zero-order valence-electron chi connectivity index (χ0n) is 30.4. The summed E-state index contributed by atoms with van der Waals surface area (Å²) in [7, 11) is -4.43. The molecular weight excluding hydrogens is 641 g/mol. The van der Waals surface area contributed by atoms with E-state index < -0.39 is 26.5 Å². The average Bonchev–Trinajstić information content (AvgIpc) is 3.08. The molecule has 3 N–H and O–H groups in total. The van der Waals surface area contributed by atoms with Crippen LogP contribution in [-0.2, 0) is 27.9 Å². The first-order chi connectivity index (χ1) is 23.8. The summed E-state index contributed by atoms with van der Waals surface area (Å²) in [5, 5.41) is 12.6. The zero-order chi connectivity index (χ0) is 36.1. The summed E-state index contributed by atoms with van der Waals surface area (Å²) in [6.07, 6.45) is 41.3. The number of esters is 1. The van der Waals surface area contributed by atoms with E-state index in [1.807, 2.05) is 0 Å². The molecule has 0 aromatic carbocycles. The highest BCUT2D eigenvalue weighted by Crippen LogP contribution is 2.42. The number of unbranched alkanes of at least 4 members (excludes halogenated alkanes) is 8. The van der Waals surface area contributed by atoms with E-state index in [2.05, 4.69) is 92.1 Å². The van der Waals surface area contributed by atoms with Gasteiger partial charge in [0.2, 0.25) is 5.91 Å². The number of aliphatic hydroxyl groups excluding tert-OH is 1. The van der Waals surface area contributed by atoms with Gasteiger partial charge >= 0.3 is 13.8 Å². The standard InChI is InChI=1S/C39H66NO8P/c1-3-5-7-9-11-13-15-16-17-18-19-20-22-23-25-27-29-31-38(42)40-33-34-47-49(44,45)48-36-37(41)35-46-39(43)32-30-28-26-24-21-14-12-10-8-6-4-2/h5,7,10-13,16-17,19-20,23,25,37,41H,3-4,6,8-9,14-15,18,21-22,24,26-36H2,1-2H3,(H,40,42)(H,44,45)/b7-5-,12-10-,13-11-,17-16-,20-19-,25-23-. The molecule has 0 fully saturated rings. The number of nitrogens with one attached hydrogen (secondary N) is 1. The van der Waals surface area contributed by atoms with Gasteiger partial charge in [-0.3, -0.25) is 18.6 Å². The van der Waals surface area contributed by atoms with Crippen LogP contribution in [0.1, 0.15) is 129 Å². The number of carbonyl (C=O) groups excluding carboxylic acids is 2. The van der Waals surface area contributed by atoms with Crippen molar-refractivity contribution < 1.29 is 37.9 Å². The first-order valence-corrected chi connectivity index (χ1v) is 19.9. The molecule has 0 saturated carbocycles. The number of hydrogen-bond donors (Lipinski definition) is 3.